The van der Waals surface area contributed by atoms with Gasteiger partial charge >= 0.3 is 0 Å². The molecule has 6 heteroatoms. The number of benzene rings is 1. The van der Waals surface area contributed by atoms with Crippen LogP contribution < -0.4 is 4.74 Å². The summed E-state index contributed by atoms with van der Waals surface area (Å²) in [5, 5.41) is 0. The van der Waals surface area contributed by atoms with Gasteiger partial charge in [0.15, 0.2) is 0 Å². The van der Waals surface area contributed by atoms with Crippen LogP contribution in [0.25, 0.3) is 11.4 Å². The number of amides is 1. The minimum absolute atomic E-state index is 0.152. The molecule has 0 aliphatic carbocycles. The summed E-state index contributed by atoms with van der Waals surface area (Å²) in [6, 6.07) is 7.84. The number of likely N-dealkylation sites (tertiary alicyclic amines) is 2. The van der Waals surface area contributed by atoms with Gasteiger partial charge in [0, 0.05) is 32.5 Å². The lowest BCUT2D eigenvalue weighted by Gasteiger charge is -2.26. The van der Waals surface area contributed by atoms with Gasteiger partial charge in [0.05, 0.1) is 12.2 Å². The number of aromatic nitrogens is 2. The molecule has 1 unspecified atom stereocenters. The summed E-state index contributed by atoms with van der Waals surface area (Å²) in [7, 11) is 1.86. The zero-order chi connectivity index (χ0) is 19.3. The first-order valence-electron chi connectivity index (χ1n) is 10.5. The highest BCUT2D eigenvalue weighted by atomic mass is 16.5. The van der Waals surface area contributed by atoms with Gasteiger partial charge in [0.2, 0.25) is 5.91 Å². The number of nitrogens with zero attached hydrogens (tertiary/aromatic N) is 4. The van der Waals surface area contributed by atoms with Crippen LogP contribution >= 0.6 is 0 Å². The molecule has 3 heterocycles. The van der Waals surface area contributed by atoms with E-state index in [-0.39, 0.29) is 11.9 Å². The molecule has 150 valence electrons. The highest BCUT2D eigenvalue weighted by Crippen LogP contribution is 2.33. The van der Waals surface area contributed by atoms with Crippen LogP contribution in [-0.2, 0) is 4.79 Å². The molecule has 2 fully saturated rings. The third-order valence-corrected chi connectivity index (χ3v) is 5.86. The predicted molar refractivity (Wildman–Crippen MR) is 109 cm³/mol. The third kappa shape index (κ3) is 4.07. The van der Waals surface area contributed by atoms with E-state index in [2.05, 4.69) is 9.88 Å². The van der Waals surface area contributed by atoms with Crippen LogP contribution in [-0.4, -0.2) is 65.1 Å². The number of carbonyl (C=O) groups is 1. The Bertz CT molecular complexity index is 797. The Morgan fingerprint density at radius 1 is 1.14 bits per heavy atom. The van der Waals surface area contributed by atoms with Crippen LogP contribution in [0.4, 0.5) is 0 Å². The van der Waals surface area contributed by atoms with Crippen molar-refractivity contribution >= 4 is 5.91 Å². The molecule has 0 N–H and O–H groups in total. The van der Waals surface area contributed by atoms with E-state index in [9.17, 15) is 4.79 Å². The summed E-state index contributed by atoms with van der Waals surface area (Å²) in [5.74, 6) is 1.80. The summed E-state index contributed by atoms with van der Waals surface area (Å²) in [4.78, 5) is 21.4. The summed E-state index contributed by atoms with van der Waals surface area (Å²) in [6.07, 6.45) is 9.53. The van der Waals surface area contributed by atoms with E-state index in [4.69, 9.17) is 4.74 Å². The van der Waals surface area contributed by atoms with Crippen LogP contribution in [0.2, 0.25) is 0 Å². The number of carbonyl (C=O) groups excluding carboxylic acids is 1. The number of hydrogen-bond acceptors (Lipinski definition) is 4. The summed E-state index contributed by atoms with van der Waals surface area (Å²) < 4.78 is 8.14. The first-order valence-corrected chi connectivity index (χ1v) is 10.5. The molecule has 4 rings (SSSR count). The van der Waals surface area contributed by atoms with E-state index >= 15 is 0 Å². The normalized spacial score (nSPS) is 20.7. The van der Waals surface area contributed by atoms with Gasteiger partial charge in [-0.15, -0.1) is 0 Å². The van der Waals surface area contributed by atoms with E-state index in [0.717, 1.165) is 43.1 Å². The standard InChI is InChI=1S/C22H30N4O2/c1-24-15-10-19(22(24)27)26-16-11-23-21(26)18-8-3-4-9-20(18)28-17-7-14-25-12-5-2-6-13-25/h3-4,8-9,11,16,19H,2,5-7,10,12-15,17H2,1H3. The molecule has 0 spiro atoms. The van der Waals surface area contributed by atoms with Gasteiger partial charge in [-0.2, -0.15) is 0 Å². The van der Waals surface area contributed by atoms with Gasteiger partial charge in [-0.05, 0) is 50.9 Å². The number of hydrogen-bond donors (Lipinski definition) is 0. The largest absolute Gasteiger partial charge is 0.493 e. The Hall–Kier alpha value is -2.34. The van der Waals surface area contributed by atoms with Crippen LogP contribution in [0.3, 0.4) is 0 Å². The molecule has 2 aliphatic heterocycles. The summed E-state index contributed by atoms with van der Waals surface area (Å²) >= 11 is 0. The molecule has 1 atom stereocenters. The fourth-order valence-corrected chi connectivity index (χ4v) is 4.27. The topological polar surface area (TPSA) is 50.6 Å². The maximum atomic E-state index is 12.5. The molecular formula is C22H30N4O2. The third-order valence-electron chi connectivity index (χ3n) is 5.86. The Morgan fingerprint density at radius 3 is 2.75 bits per heavy atom. The maximum absolute atomic E-state index is 12.5. The number of imidazole rings is 1. The molecule has 1 amide bonds. The van der Waals surface area contributed by atoms with Gasteiger partial charge in [0.1, 0.15) is 17.6 Å². The van der Waals surface area contributed by atoms with E-state index in [1.807, 2.05) is 42.1 Å². The lowest BCUT2D eigenvalue weighted by atomic mass is 10.1. The highest BCUT2D eigenvalue weighted by molar-refractivity contribution is 5.83. The Kier molecular flexibility index (Phi) is 5.95. The fourth-order valence-electron chi connectivity index (χ4n) is 4.27. The SMILES string of the molecule is CN1CCC(n2ccnc2-c2ccccc2OCCCN2CCCCC2)C1=O. The van der Waals surface area contributed by atoms with Crippen molar-refractivity contribution in [3.05, 3.63) is 36.7 Å². The van der Waals surface area contributed by atoms with Crippen molar-refractivity contribution < 1.29 is 9.53 Å². The first-order chi connectivity index (χ1) is 13.7. The van der Waals surface area contributed by atoms with Crippen molar-refractivity contribution in [1.82, 2.24) is 19.4 Å². The van der Waals surface area contributed by atoms with Crippen LogP contribution in [0.15, 0.2) is 36.7 Å². The van der Waals surface area contributed by atoms with Crippen LogP contribution in [0, 0.1) is 0 Å². The average molecular weight is 383 g/mol. The van der Waals surface area contributed by atoms with Gasteiger partial charge in [-0.3, -0.25) is 4.79 Å². The number of piperidine rings is 1. The van der Waals surface area contributed by atoms with Gasteiger partial charge < -0.3 is 19.1 Å². The zero-order valence-corrected chi connectivity index (χ0v) is 16.7. The minimum Gasteiger partial charge on any atom is -0.493 e. The average Bonchev–Trinajstić information content (AvgIpc) is 3.33. The first kappa shape index (κ1) is 19.0. The van der Waals surface area contributed by atoms with Crippen molar-refractivity contribution in [2.45, 2.75) is 38.1 Å². The molecule has 0 bridgehead atoms. The molecule has 1 aromatic heterocycles. The Morgan fingerprint density at radius 2 is 1.96 bits per heavy atom. The van der Waals surface area contributed by atoms with E-state index in [1.165, 1.54) is 32.4 Å². The quantitative estimate of drug-likeness (QED) is 0.690. The fraction of sp³-hybridized carbons (Fsp3) is 0.545. The highest BCUT2D eigenvalue weighted by Gasteiger charge is 2.32. The Balaban J connectivity index is 1.43. The molecular weight excluding hydrogens is 352 g/mol. The van der Waals surface area contributed by atoms with Gasteiger partial charge in [0.25, 0.3) is 0 Å². The van der Waals surface area contributed by atoms with Gasteiger partial charge in [-0.1, -0.05) is 18.6 Å². The molecule has 0 radical (unpaired) electrons. The van der Waals surface area contributed by atoms with E-state index in [1.54, 1.807) is 11.1 Å². The number of ether oxygens (including phenoxy) is 1. The van der Waals surface area contributed by atoms with Crippen molar-refractivity contribution in [3.63, 3.8) is 0 Å². The lowest BCUT2D eigenvalue weighted by molar-refractivity contribution is -0.129. The van der Waals surface area contributed by atoms with E-state index < -0.39 is 0 Å². The summed E-state index contributed by atoms with van der Waals surface area (Å²) in [5.41, 5.74) is 0.952. The smallest absolute Gasteiger partial charge is 0.245 e. The van der Waals surface area contributed by atoms with Crippen molar-refractivity contribution in [1.29, 1.82) is 0 Å². The number of rotatable bonds is 7. The zero-order valence-electron chi connectivity index (χ0n) is 16.7. The van der Waals surface area contributed by atoms with Gasteiger partial charge in [-0.25, -0.2) is 4.98 Å². The Labute approximate surface area is 167 Å². The maximum Gasteiger partial charge on any atom is 0.245 e. The lowest BCUT2D eigenvalue weighted by Crippen LogP contribution is -2.31. The van der Waals surface area contributed by atoms with Crippen LogP contribution in [0.5, 0.6) is 5.75 Å². The number of likely N-dealkylation sites (N-methyl/N-ethyl adjacent to an activating group) is 1. The van der Waals surface area contributed by atoms with Crippen LogP contribution in [0.1, 0.15) is 38.1 Å². The minimum atomic E-state index is -0.172. The predicted octanol–water partition coefficient (Wildman–Crippen LogP) is 3.21. The van der Waals surface area contributed by atoms with E-state index in [0.29, 0.717) is 6.61 Å². The molecule has 2 aromatic rings. The second-order valence-corrected chi connectivity index (χ2v) is 7.82. The van der Waals surface area contributed by atoms with Crippen molar-refractivity contribution in [2.24, 2.45) is 0 Å². The molecule has 0 saturated carbocycles. The molecule has 2 saturated heterocycles. The molecule has 2 aliphatic rings. The second kappa shape index (κ2) is 8.78. The monoisotopic (exact) mass is 382 g/mol. The second-order valence-electron chi connectivity index (χ2n) is 7.82. The molecule has 28 heavy (non-hydrogen) atoms. The molecule has 1 aromatic carbocycles. The number of para-hydroxylation sites is 1. The van der Waals surface area contributed by atoms with Crippen molar-refractivity contribution in [2.75, 3.05) is 39.8 Å². The summed E-state index contributed by atoms with van der Waals surface area (Å²) in [6.45, 7) is 5.02. The van der Waals surface area contributed by atoms with Crippen molar-refractivity contribution in [3.8, 4) is 17.1 Å². The molecule has 6 nitrogen and oxygen atoms in total.